The van der Waals surface area contributed by atoms with E-state index in [0.29, 0.717) is 5.41 Å². The molecule has 0 nitrogen and oxygen atoms in total. The summed E-state index contributed by atoms with van der Waals surface area (Å²) in [6, 6.07) is 0. The molecule has 84 valence electrons. The summed E-state index contributed by atoms with van der Waals surface area (Å²) in [7, 11) is 0. The Balaban J connectivity index is 2.33. The summed E-state index contributed by atoms with van der Waals surface area (Å²) in [6.45, 7) is 14.3. The molecule has 1 saturated carbocycles. The van der Waals surface area contributed by atoms with Gasteiger partial charge in [0.15, 0.2) is 0 Å². The first-order chi connectivity index (χ1) is 6.31. The zero-order chi connectivity index (χ0) is 10.9. The molecule has 0 N–H and O–H groups in total. The summed E-state index contributed by atoms with van der Waals surface area (Å²) in [5.74, 6) is 3.92. The monoisotopic (exact) mass is 196 g/mol. The van der Waals surface area contributed by atoms with Gasteiger partial charge in [-0.15, -0.1) is 0 Å². The van der Waals surface area contributed by atoms with Crippen LogP contribution in [0, 0.1) is 29.1 Å². The molecule has 0 heteroatoms. The molecule has 0 spiro atoms. The van der Waals surface area contributed by atoms with Crippen molar-refractivity contribution in [2.75, 3.05) is 0 Å². The summed E-state index contributed by atoms with van der Waals surface area (Å²) >= 11 is 0. The lowest BCUT2D eigenvalue weighted by Crippen LogP contribution is -2.38. The summed E-state index contributed by atoms with van der Waals surface area (Å²) in [5, 5.41) is 0. The Morgan fingerprint density at radius 1 is 1.21 bits per heavy atom. The molecule has 14 heavy (non-hydrogen) atoms. The molecule has 0 aliphatic heterocycles. The minimum atomic E-state index is 0.528. The molecule has 0 saturated heterocycles. The van der Waals surface area contributed by atoms with Gasteiger partial charge in [-0.3, -0.25) is 0 Å². The quantitative estimate of drug-likeness (QED) is 0.611. The van der Waals surface area contributed by atoms with E-state index in [2.05, 4.69) is 41.5 Å². The first kappa shape index (κ1) is 12.1. The highest BCUT2D eigenvalue weighted by molar-refractivity contribution is 4.88. The predicted octanol–water partition coefficient (Wildman–Crippen LogP) is 4.74. The minimum Gasteiger partial charge on any atom is -0.0625 e. The molecular formula is C14H28. The van der Waals surface area contributed by atoms with Crippen LogP contribution in [0.1, 0.15) is 60.8 Å². The van der Waals surface area contributed by atoms with Gasteiger partial charge in [0.25, 0.3) is 0 Å². The van der Waals surface area contributed by atoms with E-state index in [9.17, 15) is 0 Å². The lowest BCUT2D eigenvalue weighted by molar-refractivity contribution is 0.0295. The first-order valence-corrected chi connectivity index (χ1v) is 6.31. The van der Waals surface area contributed by atoms with Crippen molar-refractivity contribution in [1.29, 1.82) is 0 Å². The average Bonchev–Trinajstić information content (AvgIpc) is 1.93. The third-order valence-corrected chi connectivity index (χ3v) is 3.91. The van der Waals surface area contributed by atoms with Crippen LogP contribution in [0.4, 0.5) is 0 Å². The van der Waals surface area contributed by atoms with E-state index >= 15 is 0 Å². The van der Waals surface area contributed by atoms with Gasteiger partial charge in [0, 0.05) is 0 Å². The highest BCUT2D eigenvalue weighted by Gasteiger charge is 2.39. The van der Waals surface area contributed by atoms with E-state index < -0.39 is 0 Å². The van der Waals surface area contributed by atoms with Gasteiger partial charge in [-0.05, 0) is 48.3 Å². The third-order valence-electron chi connectivity index (χ3n) is 3.91. The lowest BCUT2D eigenvalue weighted by atomic mass is 9.59. The van der Waals surface area contributed by atoms with Gasteiger partial charge in [-0.2, -0.15) is 0 Å². The number of hydrogen-bond donors (Lipinski definition) is 0. The van der Waals surface area contributed by atoms with E-state index in [1.807, 2.05) is 0 Å². The van der Waals surface area contributed by atoms with Crippen molar-refractivity contribution >= 4 is 0 Å². The smallest absolute Gasteiger partial charge is 0.0337 e. The Morgan fingerprint density at radius 3 is 2.14 bits per heavy atom. The van der Waals surface area contributed by atoms with Crippen LogP contribution in [0.15, 0.2) is 0 Å². The van der Waals surface area contributed by atoms with Gasteiger partial charge < -0.3 is 0 Å². The Labute approximate surface area is 90.5 Å². The summed E-state index contributed by atoms with van der Waals surface area (Å²) in [4.78, 5) is 0. The normalized spacial score (nSPS) is 33.2. The first-order valence-electron chi connectivity index (χ1n) is 6.31. The molecule has 1 fully saturated rings. The molecule has 0 heterocycles. The lowest BCUT2D eigenvalue weighted by Gasteiger charge is -2.46. The van der Waals surface area contributed by atoms with Crippen LogP contribution < -0.4 is 0 Å². The second kappa shape index (κ2) is 4.24. The van der Waals surface area contributed by atoms with Gasteiger partial charge in [0.1, 0.15) is 0 Å². The second-order valence-electron chi connectivity index (χ2n) is 6.89. The molecule has 0 radical (unpaired) electrons. The molecule has 1 rings (SSSR count). The summed E-state index contributed by atoms with van der Waals surface area (Å²) in [5.41, 5.74) is 0.528. The molecule has 0 aromatic rings. The molecule has 0 aromatic carbocycles. The van der Waals surface area contributed by atoms with E-state index in [1.54, 1.807) is 0 Å². The maximum absolute atomic E-state index is 2.43. The molecule has 0 aromatic heterocycles. The maximum Gasteiger partial charge on any atom is -0.0337 e. The fraction of sp³-hybridized carbons (Fsp3) is 1.00. The molecular weight excluding hydrogens is 168 g/mol. The highest BCUT2D eigenvalue weighted by atomic mass is 14.4. The number of hydrogen-bond acceptors (Lipinski definition) is 0. The van der Waals surface area contributed by atoms with Crippen molar-refractivity contribution in [3.63, 3.8) is 0 Å². The van der Waals surface area contributed by atoms with Crippen molar-refractivity contribution in [3.05, 3.63) is 0 Å². The largest absolute Gasteiger partial charge is 0.0625 e. The van der Waals surface area contributed by atoms with Crippen LogP contribution >= 0.6 is 0 Å². The van der Waals surface area contributed by atoms with E-state index in [-0.39, 0.29) is 0 Å². The van der Waals surface area contributed by atoms with Crippen molar-refractivity contribution < 1.29 is 0 Å². The molecule has 0 bridgehead atoms. The Hall–Kier alpha value is 0. The van der Waals surface area contributed by atoms with Gasteiger partial charge in [-0.25, -0.2) is 0 Å². The summed E-state index contributed by atoms with van der Waals surface area (Å²) in [6.07, 6.45) is 4.34. The highest BCUT2D eigenvalue weighted by Crippen LogP contribution is 2.47. The van der Waals surface area contributed by atoms with E-state index in [1.165, 1.54) is 19.3 Å². The fourth-order valence-corrected chi connectivity index (χ4v) is 3.19. The van der Waals surface area contributed by atoms with Crippen LogP contribution in [0.25, 0.3) is 0 Å². The molecule has 3 unspecified atom stereocenters. The minimum absolute atomic E-state index is 0.528. The topological polar surface area (TPSA) is 0 Å². The second-order valence-corrected chi connectivity index (χ2v) is 6.89. The van der Waals surface area contributed by atoms with Gasteiger partial charge in [-0.1, -0.05) is 41.5 Å². The van der Waals surface area contributed by atoms with Crippen LogP contribution in [-0.2, 0) is 0 Å². The number of rotatable bonds is 3. The molecule has 1 aliphatic rings. The summed E-state index contributed by atoms with van der Waals surface area (Å²) < 4.78 is 0. The van der Waals surface area contributed by atoms with Crippen molar-refractivity contribution in [2.24, 2.45) is 29.1 Å². The Kier molecular flexibility index (Phi) is 3.66. The zero-order valence-electron chi connectivity index (χ0n) is 10.9. The van der Waals surface area contributed by atoms with E-state index in [0.717, 1.165) is 23.7 Å². The Morgan fingerprint density at radius 2 is 1.79 bits per heavy atom. The standard InChI is InChI=1S/C14H28/c1-10(2)13-11(3)9-12(13)7-8-14(4,5)6/h10-13H,7-9H2,1-6H3. The van der Waals surface area contributed by atoms with Crippen molar-refractivity contribution in [2.45, 2.75) is 60.8 Å². The van der Waals surface area contributed by atoms with E-state index in [4.69, 9.17) is 0 Å². The predicted molar refractivity (Wildman–Crippen MR) is 64.3 cm³/mol. The molecule has 0 amide bonds. The van der Waals surface area contributed by atoms with Crippen LogP contribution in [0.3, 0.4) is 0 Å². The average molecular weight is 196 g/mol. The Bertz CT molecular complexity index is 168. The van der Waals surface area contributed by atoms with Crippen LogP contribution in [0.5, 0.6) is 0 Å². The SMILES string of the molecule is CC(C)C1C(C)CC1CCC(C)(C)C. The van der Waals surface area contributed by atoms with Crippen LogP contribution in [0.2, 0.25) is 0 Å². The molecule has 3 atom stereocenters. The molecule has 1 aliphatic carbocycles. The maximum atomic E-state index is 2.43. The fourth-order valence-electron chi connectivity index (χ4n) is 3.19. The third kappa shape index (κ3) is 3.00. The van der Waals surface area contributed by atoms with Gasteiger partial charge in [0.05, 0.1) is 0 Å². The zero-order valence-corrected chi connectivity index (χ0v) is 10.9. The van der Waals surface area contributed by atoms with Crippen molar-refractivity contribution in [1.82, 2.24) is 0 Å². The van der Waals surface area contributed by atoms with Gasteiger partial charge >= 0.3 is 0 Å². The van der Waals surface area contributed by atoms with Crippen LogP contribution in [-0.4, -0.2) is 0 Å². The van der Waals surface area contributed by atoms with Crippen molar-refractivity contribution in [3.8, 4) is 0 Å². The van der Waals surface area contributed by atoms with Gasteiger partial charge in [0.2, 0.25) is 0 Å².